The molecule has 1 unspecified atom stereocenters. The largest absolute Gasteiger partial charge is 0.366 e. The first-order valence-corrected chi connectivity index (χ1v) is 8.39. The molecule has 0 spiro atoms. The molecule has 1 aromatic heterocycles. The zero-order chi connectivity index (χ0) is 19.2. The summed E-state index contributed by atoms with van der Waals surface area (Å²) in [6.45, 7) is 1.28. The van der Waals surface area contributed by atoms with Crippen LogP contribution in [0.4, 0.5) is 8.78 Å². The Morgan fingerprint density at radius 1 is 1.35 bits per heavy atom. The fraction of sp³-hybridized carbons (Fsp3) is 0.263. The summed E-state index contributed by atoms with van der Waals surface area (Å²) in [7, 11) is 0. The van der Waals surface area contributed by atoms with Crippen LogP contribution < -0.4 is 11.1 Å². The van der Waals surface area contributed by atoms with Crippen LogP contribution >= 0.6 is 0 Å². The van der Waals surface area contributed by atoms with Gasteiger partial charge in [0.25, 0.3) is 5.91 Å². The third-order valence-corrected chi connectivity index (χ3v) is 4.66. The fourth-order valence-electron chi connectivity index (χ4n) is 3.33. The van der Waals surface area contributed by atoms with E-state index in [0.29, 0.717) is 18.5 Å². The molecule has 1 aliphatic rings. The minimum Gasteiger partial charge on any atom is -0.366 e. The Balaban J connectivity index is 1.81. The molecule has 1 aliphatic heterocycles. The molecule has 1 fully saturated rings. The Bertz CT molecular complexity index is 1040. The average molecular weight is 357 g/mol. The van der Waals surface area contributed by atoms with Crippen molar-refractivity contribution < 1.29 is 14.9 Å². The molecule has 3 N–H and O–H groups in total. The number of fused-ring (bicyclic) bond motifs is 1. The van der Waals surface area contributed by atoms with Crippen molar-refractivity contribution in [3.8, 4) is 5.69 Å². The molecule has 2 heterocycles. The number of carbonyl (C=O) groups is 1. The van der Waals surface area contributed by atoms with Gasteiger partial charge in [-0.25, -0.2) is 9.07 Å². The predicted molar refractivity (Wildman–Crippen MR) is 94.3 cm³/mol. The number of hydrogen-bond acceptors (Lipinski definition) is 3. The average Bonchev–Trinajstić information content (AvgIpc) is 2.99. The lowest BCUT2D eigenvalue weighted by atomic mass is 9.91. The molecule has 0 bridgehead atoms. The summed E-state index contributed by atoms with van der Waals surface area (Å²) in [5.41, 5.74) is 5.91. The summed E-state index contributed by atoms with van der Waals surface area (Å²) in [5.74, 6) is -3.11. The van der Waals surface area contributed by atoms with Gasteiger partial charge in [-0.05, 0) is 55.1 Å². The minimum absolute atomic E-state index is 0.0700. The first-order chi connectivity index (χ1) is 12.9. The molecule has 1 atom stereocenters. The molecule has 4 rings (SSSR count). The summed E-state index contributed by atoms with van der Waals surface area (Å²) in [4.78, 5) is 11.5. The number of nitrogens with zero attached hydrogens (tertiary/aromatic N) is 2. The predicted octanol–water partition coefficient (Wildman–Crippen LogP) is 2.87. The lowest BCUT2D eigenvalue weighted by Crippen LogP contribution is -2.28. The van der Waals surface area contributed by atoms with Gasteiger partial charge in [0.1, 0.15) is 17.0 Å². The van der Waals surface area contributed by atoms with Gasteiger partial charge >= 0.3 is 0 Å². The number of nitrogens with one attached hydrogen (secondary N) is 1. The van der Waals surface area contributed by atoms with E-state index in [4.69, 9.17) is 7.10 Å². The maximum absolute atomic E-state index is 14.8. The number of piperidine rings is 1. The van der Waals surface area contributed by atoms with E-state index in [-0.39, 0.29) is 22.2 Å². The quantitative estimate of drug-likeness (QED) is 0.757. The third-order valence-electron chi connectivity index (χ3n) is 4.66. The topological polar surface area (TPSA) is 72.9 Å². The normalized spacial score (nSPS) is 20.9. The van der Waals surface area contributed by atoms with Crippen LogP contribution in [-0.2, 0) is 0 Å². The zero-order valence-electron chi connectivity index (χ0n) is 14.9. The summed E-state index contributed by atoms with van der Waals surface area (Å²) in [6, 6.07) is 8.70. The number of hydrogen-bond donors (Lipinski definition) is 2. The number of aromatic nitrogens is 2. The van der Waals surface area contributed by atoms with Crippen LogP contribution in [0.3, 0.4) is 0 Å². The van der Waals surface area contributed by atoms with Crippen molar-refractivity contribution in [2.75, 3.05) is 13.1 Å². The maximum Gasteiger partial charge on any atom is 0.250 e. The zero-order valence-corrected chi connectivity index (χ0v) is 13.9. The number of rotatable bonds is 3. The van der Waals surface area contributed by atoms with Crippen LogP contribution in [0.2, 0.25) is 0 Å². The van der Waals surface area contributed by atoms with Gasteiger partial charge in [0, 0.05) is 7.92 Å². The number of halogens is 2. The van der Waals surface area contributed by atoms with Crippen LogP contribution in [0.5, 0.6) is 0 Å². The molecule has 0 radical (unpaired) electrons. The summed E-state index contributed by atoms with van der Waals surface area (Å²) >= 11 is 0. The van der Waals surface area contributed by atoms with Gasteiger partial charge in [-0.1, -0.05) is 12.1 Å². The summed E-state index contributed by atoms with van der Waals surface area (Å²) < 4.78 is 39.0. The van der Waals surface area contributed by atoms with Crippen molar-refractivity contribution >= 4 is 16.8 Å². The molecular formula is C19H18F2N4O. The van der Waals surface area contributed by atoms with Crippen LogP contribution in [0.15, 0.2) is 36.4 Å². The molecule has 1 amide bonds. The monoisotopic (exact) mass is 357 g/mol. The second kappa shape index (κ2) is 6.49. The molecular weight excluding hydrogens is 338 g/mol. The number of primary amides is 1. The Hall–Kier alpha value is -2.80. The first kappa shape index (κ1) is 15.5. The van der Waals surface area contributed by atoms with Gasteiger partial charge < -0.3 is 11.1 Å². The summed E-state index contributed by atoms with van der Waals surface area (Å²) in [5, 5.41) is 7.30. The SMILES string of the molecule is [2H]C1(c2ccc(-n3nc4c(C(N)=O)cccc4c3F)c(F)c2)CCCNC1. The van der Waals surface area contributed by atoms with Crippen molar-refractivity contribution in [3.63, 3.8) is 0 Å². The molecule has 26 heavy (non-hydrogen) atoms. The number of amides is 1. The van der Waals surface area contributed by atoms with Crippen LogP contribution in [0, 0.1) is 11.8 Å². The molecule has 3 aromatic rings. The van der Waals surface area contributed by atoms with Crippen molar-refractivity contribution in [1.29, 1.82) is 0 Å². The number of nitrogens with two attached hydrogens (primary N) is 1. The van der Waals surface area contributed by atoms with Gasteiger partial charge in [-0.15, -0.1) is 0 Å². The van der Waals surface area contributed by atoms with Crippen molar-refractivity contribution in [2.45, 2.75) is 18.7 Å². The molecule has 134 valence electrons. The molecule has 1 saturated heterocycles. The molecule has 0 aliphatic carbocycles. The highest BCUT2D eigenvalue weighted by Crippen LogP contribution is 2.28. The maximum atomic E-state index is 14.8. The molecule has 7 heteroatoms. The van der Waals surface area contributed by atoms with Gasteiger partial charge in [0.2, 0.25) is 5.95 Å². The van der Waals surface area contributed by atoms with Crippen molar-refractivity contribution in [2.24, 2.45) is 5.73 Å². The second-order valence-corrected chi connectivity index (χ2v) is 6.32. The van der Waals surface area contributed by atoms with Gasteiger partial charge in [-0.2, -0.15) is 9.49 Å². The Morgan fingerprint density at radius 3 is 2.88 bits per heavy atom. The Labute approximate surface area is 150 Å². The lowest BCUT2D eigenvalue weighted by molar-refractivity contribution is 0.100. The van der Waals surface area contributed by atoms with Crippen molar-refractivity contribution in [3.05, 3.63) is 59.3 Å². The Morgan fingerprint density at radius 2 is 2.19 bits per heavy atom. The van der Waals surface area contributed by atoms with E-state index in [1.165, 1.54) is 30.3 Å². The third kappa shape index (κ3) is 2.74. The highest BCUT2D eigenvalue weighted by atomic mass is 19.1. The van der Waals surface area contributed by atoms with E-state index >= 15 is 0 Å². The fourth-order valence-corrected chi connectivity index (χ4v) is 3.33. The van der Waals surface area contributed by atoms with E-state index in [1.54, 1.807) is 6.07 Å². The van der Waals surface area contributed by atoms with Gasteiger partial charge in [0.05, 0.1) is 10.9 Å². The highest BCUT2D eigenvalue weighted by Gasteiger charge is 2.21. The van der Waals surface area contributed by atoms with E-state index in [0.717, 1.165) is 17.6 Å². The highest BCUT2D eigenvalue weighted by molar-refractivity contribution is 6.04. The van der Waals surface area contributed by atoms with Crippen LogP contribution in [0.25, 0.3) is 16.6 Å². The minimum atomic E-state index is -0.913. The smallest absolute Gasteiger partial charge is 0.250 e. The molecule has 2 aromatic carbocycles. The first-order valence-electron chi connectivity index (χ1n) is 8.89. The van der Waals surface area contributed by atoms with E-state index in [9.17, 15) is 13.6 Å². The van der Waals surface area contributed by atoms with Crippen LogP contribution in [0.1, 0.15) is 36.0 Å². The van der Waals surface area contributed by atoms with E-state index in [1.807, 2.05) is 0 Å². The van der Waals surface area contributed by atoms with Gasteiger partial charge in [-0.3, -0.25) is 4.79 Å². The van der Waals surface area contributed by atoms with E-state index in [2.05, 4.69) is 10.4 Å². The second-order valence-electron chi connectivity index (χ2n) is 6.32. The Kier molecular flexibility index (Phi) is 3.86. The molecule has 5 nitrogen and oxygen atoms in total. The number of benzene rings is 2. The standard InChI is InChI=1S/C19H18F2N4O/c20-15-9-11(12-3-2-8-23-10-12)6-7-16(15)25-18(21)13-4-1-5-14(19(22)26)17(13)24-25/h1,4-7,9,12,23H,2-3,8,10H2,(H2,22,26)/i12D. The van der Waals surface area contributed by atoms with Crippen molar-refractivity contribution in [1.82, 2.24) is 15.1 Å². The van der Waals surface area contributed by atoms with E-state index < -0.39 is 23.6 Å². The number of carbonyl (C=O) groups excluding carboxylic acids is 1. The summed E-state index contributed by atoms with van der Waals surface area (Å²) in [6.07, 6.45) is 1.46. The van der Waals surface area contributed by atoms with Gasteiger partial charge in [0.15, 0.2) is 0 Å². The van der Waals surface area contributed by atoms with Crippen LogP contribution in [-0.4, -0.2) is 28.8 Å². The molecule has 0 saturated carbocycles. The lowest BCUT2D eigenvalue weighted by Gasteiger charge is -2.23.